The maximum Gasteiger partial charge on any atom is 0.333 e. The molecule has 0 aromatic heterocycles. The van der Waals surface area contributed by atoms with Gasteiger partial charge >= 0.3 is 5.97 Å². The number of hydrogen-bond donors (Lipinski definition) is 0. The maximum absolute atomic E-state index is 11.9. The summed E-state index contributed by atoms with van der Waals surface area (Å²) in [7, 11) is -0.812. The van der Waals surface area contributed by atoms with Gasteiger partial charge in [0.1, 0.15) is 7.77 Å². The Hall–Kier alpha value is -0.675. The molecular formula is C30H49BO3S. The Labute approximate surface area is 223 Å². The highest BCUT2D eigenvalue weighted by molar-refractivity contribution is 7.95. The fourth-order valence-electron chi connectivity index (χ4n) is 8.91. The molecule has 0 aromatic rings. The first kappa shape index (κ1) is 24.6. The van der Waals surface area contributed by atoms with E-state index in [0.717, 1.165) is 54.9 Å². The van der Waals surface area contributed by atoms with Crippen molar-refractivity contribution in [3.05, 3.63) is 23.3 Å². The number of rotatable bonds is 10. The summed E-state index contributed by atoms with van der Waals surface area (Å²) in [5.41, 5.74) is 3.58. The van der Waals surface area contributed by atoms with Crippen LogP contribution in [0.1, 0.15) is 98.8 Å². The molecule has 5 heteroatoms. The highest BCUT2D eigenvalue weighted by Gasteiger charge is 2.59. The molecule has 4 rings (SSSR count). The lowest BCUT2D eigenvalue weighted by molar-refractivity contribution is -0.138. The summed E-state index contributed by atoms with van der Waals surface area (Å²) in [6, 6.07) is 0. The molecule has 0 amide bonds. The molecule has 0 bridgehead atoms. The normalized spacial score (nSPS) is 40.4. The Morgan fingerprint density at radius 2 is 2.17 bits per heavy atom. The molecule has 35 heavy (non-hydrogen) atoms. The summed E-state index contributed by atoms with van der Waals surface area (Å²) in [4.78, 5) is 11.9. The van der Waals surface area contributed by atoms with Crippen LogP contribution in [0.25, 0.3) is 0 Å². The predicted octanol–water partition coefficient (Wildman–Crippen LogP) is 7.12. The molecule has 8 atom stereocenters. The van der Waals surface area contributed by atoms with Gasteiger partial charge in [0.05, 0.1) is 12.7 Å². The van der Waals surface area contributed by atoms with Crippen molar-refractivity contribution in [1.82, 2.24) is 0 Å². The summed E-state index contributed by atoms with van der Waals surface area (Å²) in [6.45, 7) is 11.8. The van der Waals surface area contributed by atoms with Crippen LogP contribution in [0.3, 0.4) is 0 Å². The van der Waals surface area contributed by atoms with E-state index < -0.39 is 7.77 Å². The van der Waals surface area contributed by atoms with Gasteiger partial charge < -0.3 is 8.92 Å². The van der Waals surface area contributed by atoms with Crippen LogP contribution in [0.4, 0.5) is 0 Å². The van der Waals surface area contributed by atoms with Gasteiger partial charge in [-0.25, -0.2) is 4.79 Å². The van der Waals surface area contributed by atoms with Crippen molar-refractivity contribution in [2.24, 2.45) is 40.4 Å². The molecule has 3 fully saturated rings. The Bertz CT molecular complexity index is 879. The Kier molecular flexibility index (Phi) is 8.01. The van der Waals surface area contributed by atoms with Crippen molar-refractivity contribution in [2.45, 2.75) is 105 Å². The summed E-state index contributed by atoms with van der Waals surface area (Å²) < 4.78 is 26.0. The summed E-state index contributed by atoms with van der Waals surface area (Å²) in [5, 5.41) is 0. The van der Waals surface area contributed by atoms with Gasteiger partial charge in [0.15, 0.2) is 0 Å². The standard InChI is InChI=1S/C30H49BO3S/c1-6-33-28(32)21(3)9-7-8-20(2)25-12-13-26-24-11-10-22-18-23(34-35-19-31)14-16-29(22,4)27(24)15-17-30(25,26)5/h9-10,20,23-27H,6-8,11-19,31H2,1-5H3/b21-9+/i31TD. The molecule has 0 radical (unpaired) electrons. The molecule has 3 nitrogen and oxygen atoms in total. The third kappa shape index (κ3) is 5.33. The zero-order chi connectivity index (χ0) is 26.8. The zero-order valence-electron chi connectivity index (χ0n) is 24.8. The molecule has 0 aliphatic heterocycles. The smallest absolute Gasteiger partial charge is 0.333 e. The molecule has 0 heterocycles. The number of esters is 1. The average molecular weight is 504 g/mol. The van der Waals surface area contributed by atoms with Crippen LogP contribution in [0.5, 0.6) is 0 Å². The predicted molar refractivity (Wildman–Crippen MR) is 150 cm³/mol. The van der Waals surface area contributed by atoms with E-state index in [2.05, 4.69) is 32.9 Å². The van der Waals surface area contributed by atoms with Gasteiger partial charge in [-0.1, -0.05) is 38.5 Å². The maximum atomic E-state index is 11.9. The van der Waals surface area contributed by atoms with Gasteiger partial charge in [-0.2, -0.15) is 0 Å². The lowest BCUT2D eigenvalue weighted by atomic mass is 9.47. The van der Waals surface area contributed by atoms with Crippen LogP contribution in [0.2, 0.25) is 0 Å². The summed E-state index contributed by atoms with van der Waals surface area (Å²) in [6.07, 6.45) is 17.1. The highest BCUT2D eigenvalue weighted by Crippen LogP contribution is 2.67. The Morgan fingerprint density at radius 1 is 1.34 bits per heavy atom. The van der Waals surface area contributed by atoms with Crippen molar-refractivity contribution in [3.8, 4) is 0 Å². The number of carbonyl (C=O) groups is 1. The van der Waals surface area contributed by atoms with E-state index in [1.165, 1.54) is 50.6 Å². The number of allylic oxidation sites excluding steroid dienone is 2. The Balaban J connectivity index is 1.38. The quantitative estimate of drug-likeness (QED) is 0.105. The SMILES string of the molecule is [2H]B([3H])CSOC1CCC2(C)C(=CCC3C2CCC2(C)C(C(C)CC/C=C(\C)C(=O)OCC)CCC32)C1. The van der Waals surface area contributed by atoms with Crippen molar-refractivity contribution < 1.29 is 13.7 Å². The first-order valence-electron chi connectivity index (χ1n) is 15.4. The lowest BCUT2D eigenvalue weighted by Gasteiger charge is -2.58. The first-order valence-corrected chi connectivity index (χ1v) is 15.2. The van der Waals surface area contributed by atoms with Crippen LogP contribution in [0.15, 0.2) is 23.3 Å². The van der Waals surface area contributed by atoms with Crippen LogP contribution >= 0.6 is 12.0 Å². The van der Waals surface area contributed by atoms with Crippen molar-refractivity contribution in [1.29, 1.82) is 2.67 Å². The fraction of sp³-hybridized carbons (Fsp3) is 0.833. The molecule has 0 saturated heterocycles. The number of ether oxygens (including phenoxy) is 1. The van der Waals surface area contributed by atoms with Gasteiger partial charge in [-0.3, -0.25) is 0 Å². The fourth-order valence-corrected chi connectivity index (χ4v) is 9.35. The lowest BCUT2D eigenvalue weighted by Crippen LogP contribution is -2.50. The van der Waals surface area contributed by atoms with E-state index in [0.29, 0.717) is 29.0 Å². The monoisotopic (exact) mass is 503 g/mol. The molecular weight excluding hydrogens is 451 g/mol. The van der Waals surface area contributed by atoms with Crippen molar-refractivity contribution in [2.75, 3.05) is 12.3 Å². The summed E-state index contributed by atoms with van der Waals surface area (Å²) >= 11 is 1.33. The first-order chi connectivity index (χ1) is 17.6. The van der Waals surface area contributed by atoms with E-state index in [1.807, 2.05) is 13.8 Å². The van der Waals surface area contributed by atoms with Crippen LogP contribution in [-0.2, 0) is 13.7 Å². The van der Waals surface area contributed by atoms with Crippen molar-refractivity contribution in [3.63, 3.8) is 0 Å². The van der Waals surface area contributed by atoms with Gasteiger partial charge in [0.25, 0.3) is 0 Å². The molecule has 4 aliphatic carbocycles. The number of hydrogen-bond acceptors (Lipinski definition) is 4. The van der Waals surface area contributed by atoms with E-state index in [-0.39, 0.29) is 12.1 Å². The second-order valence-corrected chi connectivity index (χ2v) is 13.2. The van der Waals surface area contributed by atoms with Gasteiger partial charge in [-0.15, -0.1) is 0 Å². The molecule has 3 saturated carbocycles. The molecule has 8 unspecified atom stereocenters. The Morgan fingerprint density at radius 3 is 2.94 bits per heavy atom. The van der Waals surface area contributed by atoms with Gasteiger partial charge in [0, 0.05) is 5.57 Å². The molecule has 4 aliphatic rings. The second kappa shape index (κ2) is 11.4. The molecule has 0 spiro atoms. The third-order valence-corrected chi connectivity index (χ3v) is 11.3. The van der Waals surface area contributed by atoms with Crippen molar-refractivity contribution >= 4 is 25.8 Å². The summed E-state index contributed by atoms with van der Waals surface area (Å²) in [5.74, 6) is 3.74. The topological polar surface area (TPSA) is 35.5 Å². The van der Waals surface area contributed by atoms with E-state index in [1.54, 1.807) is 5.57 Å². The van der Waals surface area contributed by atoms with E-state index >= 15 is 0 Å². The second-order valence-electron chi connectivity index (χ2n) is 12.4. The van der Waals surface area contributed by atoms with Crippen LogP contribution in [0, 0.1) is 40.4 Å². The third-order valence-electron chi connectivity index (χ3n) is 10.8. The van der Waals surface area contributed by atoms with Crippen LogP contribution < -0.4 is 0 Å². The number of fused-ring (bicyclic) bond motifs is 5. The zero-order valence-corrected chi connectivity index (χ0v) is 23.6. The average Bonchev–Trinajstić information content (AvgIpc) is 3.21. The minimum Gasteiger partial charge on any atom is -0.463 e. The van der Waals surface area contributed by atoms with Gasteiger partial charge in [-0.05, 0) is 139 Å². The number of carbonyl (C=O) groups excluding carboxylic acids is 1. The van der Waals surface area contributed by atoms with E-state index in [4.69, 9.17) is 11.6 Å². The molecule has 0 N–H and O–H groups in total. The minimum atomic E-state index is -0.812. The van der Waals surface area contributed by atoms with E-state index in [9.17, 15) is 4.79 Å². The van der Waals surface area contributed by atoms with Crippen LogP contribution in [-0.4, -0.2) is 34.8 Å². The molecule has 0 aromatic carbocycles. The molecule has 196 valence electrons. The minimum absolute atomic E-state index is 0.173. The highest BCUT2D eigenvalue weighted by atomic mass is 32.2. The van der Waals surface area contributed by atoms with Gasteiger partial charge in [0.2, 0.25) is 0 Å². The largest absolute Gasteiger partial charge is 0.463 e.